The maximum absolute atomic E-state index is 11.6. The predicted molar refractivity (Wildman–Crippen MR) is 62.3 cm³/mol. The Balaban J connectivity index is 4.44. The standard InChI is InChI=1S/C12H20O5/c1-4-8-12(15,11(14)17-6-3)9-7-10(13)16-5-2/h4,15H,1,5-9H2,2-3H3. The topological polar surface area (TPSA) is 72.8 Å². The number of hydrogen-bond acceptors (Lipinski definition) is 5. The quantitative estimate of drug-likeness (QED) is 0.513. The van der Waals surface area contributed by atoms with Gasteiger partial charge in [-0.15, -0.1) is 6.58 Å². The summed E-state index contributed by atoms with van der Waals surface area (Å²) >= 11 is 0. The van der Waals surface area contributed by atoms with Gasteiger partial charge in [-0.2, -0.15) is 0 Å². The van der Waals surface area contributed by atoms with Gasteiger partial charge >= 0.3 is 11.9 Å². The SMILES string of the molecule is C=CCC(O)(CCC(=O)OCC)C(=O)OCC. The van der Waals surface area contributed by atoms with E-state index in [2.05, 4.69) is 6.58 Å². The summed E-state index contributed by atoms with van der Waals surface area (Å²) in [5.74, 6) is -1.18. The second kappa shape index (κ2) is 7.84. The molecular formula is C12H20O5. The molecule has 5 heteroatoms. The van der Waals surface area contributed by atoms with Crippen LogP contribution >= 0.6 is 0 Å². The van der Waals surface area contributed by atoms with E-state index in [0.717, 1.165) is 0 Å². The zero-order valence-corrected chi connectivity index (χ0v) is 10.4. The lowest BCUT2D eigenvalue weighted by atomic mass is 9.94. The van der Waals surface area contributed by atoms with Crippen molar-refractivity contribution in [3.8, 4) is 0 Å². The molecule has 5 nitrogen and oxygen atoms in total. The fourth-order valence-electron chi connectivity index (χ4n) is 1.33. The van der Waals surface area contributed by atoms with Crippen molar-refractivity contribution in [2.24, 2.45) is 0 Å². The average Bonchev–Trinajstić information content (AvgIpc) is 2.27. The zero-order valence-electron chi connectivity index (χ0n) is 10.4. The highest BCUT2D eigenvalue weighted by atomic mass is 16.5. The summed E-state index contributed by atoms with van der Waals surface area (Å²) in [6.07, 6.45) is 1.40. The molecule has 0 spiro atoms. The molecule has 0 aliphatic carbocycles. The first-order valence-electron chi connectivity index (χ1n) is 5.66. The molecule has 0 saturated heterocycles. The minimum absolute atomic E-state index is 0.0308. The molecule has 0 bridgehead atoms. The van der Waals surface area contributed by atoms with E-state index in [-0.39, 0.29) is 32.5 Å². The van der Waals surface area contributed by atoms with Crippen LogP contribution in [0.4, 0.5) is 0 Å². The number of hydrogen-bond donors (Lipinski definition) is 1. The van der Waals surface area contributed by atoms with Gasteiger partial charge in [0.2, 0.25) is 0 Å². The van der Waals surface area contributed by atoms with E-state index >= 15 is 0 Å². The van der Waals surface area contributed by atoms with E-state index in [9.17, 15) is 14.7 Å². The molecule has 0 heterocycles. The van der Waals surface area contributed by atoms with Gasteiger partial charge in [0.25, 0.3) is 0 Å². The molecule has 0 aliphatic heterocycles. The van der Waals surface area contributed by atoms with Crippen LogP contribution in [0.25, 0.3) is 0 Å². The molecule has 0 fully saturated rings. The van der Waals surface area contributed by atoms with E-state index in [1.165, 1.54) is 6.08 Å². The molecule has 98 valence electrons. The summed E-state index contributed by atoms with van der Waals surface area (Å²) < 4.78 is 9.49. The summed E-state index contributed by atoms with van der Waals surface area (Å²) in [7, 11) is 0. The third kappa shape index (κ3) is 5.49. The summed E-state index contributed by atoms with van der Waals surface area (Å²) in [5, 5.41) is 10.1. The molecular weight excluding hydrogens is 224 g/mol. The van der Waals surface area contributed by atoms with E-state index in [1.54, 1.807) is 13.8 Å². The first-order chi connectivity index (χ1) is 8.00. The highest BCUT2D eigenvalue weighted by Crippen LogP contribution is 2.20. The lowest BCUT2D eigenvalue weighted by Crippen LogP contribution is -2.40. The number of carbonyl (C=O) groups excluding carboxylic acids is 2. The molecule has 17 heavy (non-hydrogen) atoms. The molecule has 0 amide bonds. The number of esters is 2. The van der Waals surface area contributed by atoms with Crippen LogP contribution in [0.2, 0.25) is 0 Å². The Morgan fingerprint density at radius 1 is 1.29 bits per heavy atom. The van der Waals surface area contributed by atoms with Crippen molar-refractivity contribution in [2.45, 2.75) is 38.7 Å². The summed E-state index contributed by atoms with van der Waals surface area (Å²) in [4.78, 5) is 22.7. The highest BCUT2D eigenvalue weighted by molar-refractivity contribution is 5.80. The van der Waals surface area contributed by atoms with Gasteiger partial charge in [0.1, 0.15) is 0 Å². The Labute approximate surface area is 101 Å². The predicted octanol–water partition coefficient (Wildman–Crippen LogP) is 1.20. The highest BCUT2D eigenvalue weighted by Gasteiger charge is 2.36. The molecule has 0 rings (SSSR count). The van der Waals surface area contributed by atoms with E-state index in [0.29, 0.717) is 0 Å². The van der Waals surface area contributed by atoms with E-state index in [4.69, 9.17) is 9.47 Å². The van der Waals surface area contributed by atoms with Crippen molar-refractivity contribution >= 4 is 11.9 Å². The molecule has 0 saturated carbocycles. The molecule has 0 aromatic heterocycles. The first kappa shape index (κ1) is 15.6. The third-order valence-electron chi connectivity index (χ3n) is 2.19. The average molecular weight is 244 g/mol. The Kier molecular flexibility index (Phi) is 7.21. The van der Waals surface area contributed by atoms with Crippen LogP contribution in [-0.4, -0.2) is 35.9 Å². The van der Waals surface area contributed by atoms with Crippen molar-refractivity contribution in [1.82, 2.24) is 0 Å². The molecule has 1 atom stereocenters. The molecule has 0 aromatic carbocycles. The van der Waals surface area contributed by atoms with Crippen LogP contribution in [0.1, 0.15) is 33.1 Å². The van der Waals surface area contributed by atoms with Crippen LogP contribution in [0.3, 0.4) is 0 Å². The molecule has 0 aromatic rings. The van der Waals surface area contributed by atoms with Gasteiger partial charge in [0, 0.05) is 12.8 Å². The van der Waals surface area contributed by atoms with Crippen molar-refractivity contribution in [2.75, 3.05) is 13.2 Å². The Bertz CT molecular complexity index is 274. The van der Waals surface area contributed by atoms with E-state index < -0.39 is 17.5 Å². The van der Waals surface area contributed by atoms with E-state index in [1.807, 2.05) is 0 Å². The fraction of sp³-hybridized carbons (Fsp3) is 0.667. The summed E-state index contributed by atoms with van der Waals surface area (Å²) in [6.45, 7) is 7.27. The Morgan fingerprint density at radius 2 is 1.88 bits per heavy atom. The zero-order chi connectivity index (χ0) is 13.3. The van der Waals surface area contributed by atoms with Crippen molar-refractivity contribution in [3.05, 3.63) is 12.7 Å². The molecule has 1 unspecified atom stereocenters. The number of carbonyl (C=O) groups is 2. The minimum Gasteiger partial charge on any atom is -0.466 e. The van der Waals surface area contributed by atoms with Gasteiger partial charge < -0.3 is 14.6 Å². The largest absolute Gasteiger partial charge is 0.466 e. The maximum atomic E-state index is 11.6. The lowest BCUT2D eigenvalue weighted by Gasteiger charge is -2.23. The Morgan fingerprint density at radius 3 is 2.35 bits per heavy atom. The monoisotopic (exact) mass is 244 g/mol. The van der Waals surface area contributed by atoms with Gasteiger partial charge in [-0.1, -0.05) is 6.08 Å². The molecule has 0 aliphatic rings. The maximum Gasteiger partial charge on any atom is 0.338 e. The number of rotatable bonds is 8. The summed E-state index contributed by atoms with van der Waals surface area (Å²) in [6, 6.07) is 0. The smallest absolute Gasteiger partial charge is 0.338 e. The van der Waals surface area contributed by atoms with Crippen molar-refractivity contribution in [1.29, 1.82) is 0 Å². The molecule has 1 N–H and O–H groups in total. The minimum atomic E-state index is -1.69. The van der Waals surface area contributed by atoms with Gasteiger partial charge in [0.05, 0.1) is 13.2 Å². The third-order valence-corrected chi connectivity index (χ3v) is 2.19. The van der Waals surface area contributed by atoms with Gasteiger partial charge in [-0.05, 0) is 20.3 Å². The van der Waals surface area contributed by atoms with Crippen LogP contribution in [-0.2, 0) is 19.1 Å². The normalized spacial score (nSPS) is 13.6. The number of aliphatic hydroxyl groups is 1. The second-order valence-electron chi connectivity index (χ2n) is 3.55. The van der Waals surface area contributed by atoms with Crippen LogP contribution in [0, 0.1) is 0 Å². The van der Waals surface area contributed by atoms with Gasteiger partial charge in [-0.3, -0.25) is 4.79 Å². The summed E-state index contributed by atoms with van der Waals surface area (Å²) in [5.41, 5.74) is -1.69. The van der Waals surface area contributed by atoms with Gasteiger partial charge in [0.15, 0.2) is 5.60 Å². The lowest BCUT2D eigenvalue weighted by molar-refractivity contribution is -0.166. The number of ether oxygens (including phenoxy) is 2. The first-order valence-corrected chi connectivity index (χ1v) is 5.66. The van der Waals surface area contributed by atoms with Crippen molar-refractivity contribution in [3.63, 3.8) is 0 Å². The van der Waals surface area contributed by atoms with Crippen LogP contribution in [0.5, 0.6) is 0 Å². The van der Waals surface area contributed by atoms with Crippen LogP contribution < -0.4 is 0 Å². The van der Waals surface area contributed by atoms with Crippen molar-refractivity contribution < 1.29 is 24.2 Å². The molecule has 0 radical (unpaired) electrons. The fourth-order valence-corrected chi connectivity index (χ4v) is 1.33. The van der Waals surface area contributed by atoms with Crippen LogP contribution in [0.15, 0.2) is 12.7 Å². The Hall–Kier alpha value is -1.36. The second-order valence-corrected chi connectivity index (χ2v) is 3.55. The van der Waals surface area contributed by atoms with Gasteiger partial charge in [-0.25, -0.2) is 4.79 Å².